The van der Waals surface area contributed by atoms with Crippen molar-refractivity contribution in [3.63, 3.8) is 0 Å². The number of pyridine rings is 2. The SMILES string of the molecule is C[C@H](N[S@@+]([O-])C(C)(C)C)c1nc2ccc(F)cc2c(-c2ccccn2)c1-c1ccccc1. The van der Waals surface area contributed by atoms with E-state index in [1.54, 1.807) is 12.3 Å². The van der Waals surface area contributed by atoms with E-state index >= 15 is 0 Å². The number of benzene rings is 2. The van der Waals surface area contributed by atoms with Crippen molar-refractivity contribution in [1.82, 2.24) is 14.7 Å². The first kappa shape index (κ1) is 22.4. The van der Waals surface area contributed by atoms with Gasteiger partial charge in [-0.2, -0.15) is 0 Å². The Kier molecular flexibility index (Phi) is 6.29. The highest BCUT2D eigenvalue weighted by molar-refractivity contribution is 7.90. The molecule has 164 valence electrons. The van der Waals surface area contributed by atoms with E-state index in [1.807, 2.05) is 76.2 Å². The van der Waals surface area contributed by atoms with Crippen molar-refractivity contribution in [2.45, 2.75) is 38.5 Å². The number of nitrogens with one attached hydrogen (secondary N) is 1. The van der Waals surface area contributed by atoms with Crippen LogP contribution >= 0.6 is 0 Å². The zero-order valence-electron chi connectivity index (χ0n) is 18.6. The third kappa shape index (κ3) is 4.53. The smallest absolute Gasteiger partial charge is 0.136 e. The molecule has 0 spiro atoms. The van der Waals surface area contributed by atoms with Gasteiger partial charge in [-0.05, 0) is 63.6 Å². The maximum Gasteiger partial charge on any atom is 0.136 e. The summed E-state index contributed by atoms with van der Waals surface area (Å²) in [4.78, 5) is 9.51. The lowest BCUT2D eigenvalue weighted by molar-refractivity contribution is 0.529. The predicted octanol–water partition coefficient (Wildman–Crippen LogP) is 6.22. The molecule has 0 aliphatic heterocycles. The van der Waals surface area contributed by atoms with Gasteiger partial charge in [0.2, 0.25) is 0 Å². The molecular weight excluding hydrogens is 421 g/mol. The van der Waals surface area contributed by atoms with Gasteiger partial charge in [0, 0.05) is 34.1 Å². The molecule has 4 nitrogen and oxygen atoms in total. The van der Waals surface area contributed by atoms with Crippen LogP contribution in [0.4, 0.5) is 4.39 Å². The lowest BCUT2D eigenvalue weighted by Crippen LogP contribution is -2.40. The third-order valence-corrected chi connectivity index (χ3v) is 6.89. The van der Waals surface area contributed by atoms with Crippen LogP contribution < -0.4 is 4.72 Å². The molecule has 4 rings (SSSR count). The van der Waals surface area contributed by atoms with Gasteiger partial charge in [0.15, 0.2) is 0 Å². The van der Waals surface area contributed by atoms with E-state index in [0.717, 1.165) is 28.1 Å². The molecule has 2 aromatic heterocycles. The number of fused-ring (bicyclic) bond motifs is 1. The molecule has 4 aromatic rings. The van der Waals surface area contributed by atoms with Gasteiger partial charge in [-0.1, -0.05) is 36.4 Å². The van der Waals surface area contributed by atoms with Gasteiger partial charge in [0.25, 0.3) is 0 Å². The summed E-state index contributed by atoms with van der Waals surface area (Å²) in [5.74, 6) is -0.330. The van der Waals surface area contributed by atoms with E-state index in [9.17, 15) is 8.94 Å². The van der Waals surface area contributed by atoms with Crippen LogP contribution in [0.2, 0.25) is 0 Å². The van der Waals surface area contributed by atoms with Gasteiger partial charge >= 0.3 is 0 Å². The van der Waals surface area contributed by atoms with Crippen molar-refractivity contribution in [3.8, 4) is 22.4 Å². The van der Waals surface area contributed by atoms with Crippen molar-refractivity contribution in [1.29, 1.82) is 0 Å². The van der Waals surface area contributed by atoms with Crippen LogP contribution in [-0.2, 0) is 11.4 Å². The van der Waals surface area contributed by atoms with E-state index in [4.69, 9.17) is 4.98 Å². The molecule has 0 radical (unpaired) electrons. The molecule has 0 bridgehead atoms. The lowest BCUT2D eigenvalue weighted by Gasteiger charge is -2.28. The average Bonchev–Trinajstić information content (AvgIpc) is 2.78. The van der Waals surface area contributed by atoms with Crippen LogP contribution in [0, 0.1) is 5.82 Å². The molecule has 0 aliphatic carbocycles. The number of hydrogen-bond acceptors (Lipinski definition) is 4. The Morgan fingerprint density at radius 2 is 1.69 bits per heavy atom. The number of halogens is 1. The summed E-state index contributed by atoms with van der Waals surface area (Å²) in [6, 6.07) is 19.9. The number of nitrogens with zero attached hydrogens (tertiary/aromatic N) is 2. The molecule has 0 aliphatic rings. The second kappa shape index (κ2) is 8.98. The fraction of sp³-hybridized carbons (Fsp3) is 0.231. The number of rotatable bonds is 5. The normalized spacial score (nSPS) is 13.8. The Morgan fingerprint density at radius 3 is 2.34 bits per heavy atom. The molecule has 0 amide bonds. The molecule has 6 heteroatoms. The average molecular weight is 448 g/mol. The summed E-state index contributed by atoms with van der Waals surface area (Å²) >= 11 is -1.29. The molecule has 0 unspecified atom stereocenters. The van der Waals surface area contributed by atoms with Crippen molar-refractivity contribution in [2.75, 3.05) is 0 Å². The van der Waals surface area contributed by atoms with Crippen LogP contribution in [0.1, 0.15) is 39.4 Å². The Hall–Kier alpha value is -2.80. The molecule has 2 heterocycles. The first-order chi connectivity index (χ1) is 15.3. The van der Waals surface area contributed by atoms with Crippen molar-refractivity contribution in [3.05, 3.63) is 84.4 Å². The van der Waals surface area contributed by atoms with Gasteiger partial charge in [-0.3, -0.25) is 9.97 Å². The van der Waals surface area contributed by atoms with E-state index in [1.165, 1.54) is 12.1 Å². The van der Waals surface area contributed by atoms with Crippen LogP contribution in [0.3, 0.4) is 0 Å². The van der Waals surface area contributed by atoms with E-state index in [-0.39, 0.29) is 11.9 Å². The largest absolute Gasteiger partial charge is 0.598 e. The van der Waals surface area contributed by atoms with E-state index < -0.39 is 16.1 Å². The maximum absolute atomic E-state index is 14.3. The minimum atomic E-state index is -1.29. The van der Waals surface area contributed by atoms with E-state index in [0.29, 0.717) is 10.9 Å². The molecule has 0 fully saturated rings. The quantitative estimate of drug-likeness (QED) is 0.369. The van der Waals surface area contributed by atoms with Gasteiger partial charge < -0.3 is 4.55 Å². The monoisotopic (exact) mass is 447 g/mol. The zero-order valence-corrected chi connectivity index (χ0v) is 19.4. The summed E-state index contributed by atoms with van der Waals surface area (Å²) in [5.41, 5.74) is 4.75. The summed E-state index contributed by atoms with van der Waals surface area (Å²) in [7, 11) is 0. The van der Waals surface area contributed by atoms with Gasteiger partial charge in [0.1, 0.15) is 10.6 Å². The molecule has 0 saturated carbocycles. The van der Waals surface area contributed by atoms with Crippen molar-refractivity contribution >= 4 is 22.3 Å². The third-order valence-electron chi connectivity index (χ3n) is 5.21. The zero-order chi connectivity index (χ0) is 22.9. The highest BCUT2D eigenvalue weighted by Gasteiger charge is 2.31. The standard InChI is InChI=1S/C26H26FN3OS/c1-17(30-32(31)26(2,3)4)25-23(18-10-6-5-7-11-18)24(22-12-8-9-15-28-22)20-16-19(27)13-14-21(20)29-25/h5-17,30H,1-4H3/t17-,32-/m0/s1. The molecule has 32 heavy (non-hydrogen) atoms. The second-order valence-corrected chi connectivity index (χ2v) is 10.7. The summed E-state index contributed by atoms with van der Waals surface area (Å²) < 4.78 is 30.0. The van der Waals surface area contributed by atoms with Gasteiger partial charge in [-0.25, -0.2) is 4.39 Å². The first-order valence-corrected chi connectivity index (χ1v) is 11.7. The van der Waals surface area contributed by atoms with Crippen LogP contribution in [0.5, 0.6) is 0 Å². The molecule has 2 atom stereocenters. The molecule has 2 aromatic carbocycles. The second-order valence-electron chi connectivity index (χ2n) is 8.71. The van der Waals surface area contributed by atoms with Crippen LogP contribution in [-0.4, -0.2) is 19.3 Å². The van der Waals surface area contributed by atoms with Crippen LogP contribution in [0.15, 0.2) is 72.9 Å². The minimum Gasteiger partial charge on any atom is -0.598 e. The molecule has 0 saturated heterocycles. The number of aromatic nitrogens is 2. The highest BCUT2D eigenvalue weighted by atomic mass is 32.2. The Balaban J connectivity index is 2.04. The molecular formula is C26H26FN3OS. The topological polar surface area (TPSA) is 60.9 Å². The fourth-order valence-corrected chi connectivity index (χ4v) is 4.42. The fourth-order valence-electron chi connectivity index (χ4n) is 3.63. The van der Waals surface area contributed by atoms with Gasteiger partial charge in [0.05, 0.1) is 22.9 Å². The first-order valence-electron chi connectivity index (χ1n) is 10.5. The van der Waals surface area contributed by atoms with Crippen molar-refractivity contribution < 1.29 is 8.94 Å². The van der Waals surface area contributed by atoms with Gasteiger partial charge in [-0.15, -0.1) is 4.72 Å². The summed E-state index contributed by atoms with van der Waals surface area (Å²) in [5, 5.41) is 0.690. The molecule has 1 N–H and O–H groups in total. The Bertz CT molecular complexity index is 1230. The predicted molar refractivity (Wildman–Crippen MR) is 130 cm³/mol. The Morgan fingerprint density at radius 1 is 0.969 bits per heavy atom. The summed E-state index contributed by atoms with van der Waals surface area (Å²) in [6.45, 7) is 7.74. The van der Waals surface area contributed by atoms with E-state index in [2.05, 4.69) is 9.71 Å². The highest BCUT2D eigenvalue weighted by Crippen LogP contribution is 2.41. The summed E-state index contributed by atoms with van der Waals surface area (Å²) in [6.07, 6.45) is 1.73. The lowest BCUT2D eigenvalue weighted by atomic mass is 9.90. The Labute approximate surface area is 191 Å². The van der Waals surface area contributed by atoms with Crippen molar-refractivity contribution in [2.24, 2.45) is 0 Å². The van der Waals surface area contributed by atoms with Crippen LogP contribution in [0.25, 0.3) is 33.3 Å². The minimum absolute atomic E-state index is 0.317. The maximum atomic E-state index is 14.3. The number of hydrogen-bond donors (Lipinski definition) is 1.